The zero-order valence-electron chi connectivity index (χ0n) is 10.5. The van der Waals surface area contributed by atoms with Crippen molar-refractivity contribution >= 4 is 5.97 Å². The number of aromatic hydroxyl groups is 1. The highest BCUT2D eigenvalue weighted by Crippen LogP contribution is 2.21. The molecule has 19 heavy (non-hydrogen) atoms. The lowest BCUT2D eigenvalue weighted by atomic mass is 10.1. The van der Waals surface area contributed by atoms with Gasteiger partial charge >= 0.3 is 5.97 Å². The Hall–Kier alpha value is -2.49. The van der Waals surface area contributed by atoms with Crippen LogP contribution in [0.1, 0.15) is 21.5 Å². The maximum Gasteiger partial charge on any atom is 0.336 e. The van der Waals surface area contributed by atoms with Crippen LogP contribution in [0.4, 0.5) is 0 Å². The average molecular weight is 258 g/mol. The average Bonchev–Trinajstić information content (AvgIpc) is 2.38. The predicted molar refractivity (Wildman–Crippen MR) is 70.6 cm³/mol. The van der Waals surface area contributed by atoms with Crippen LogP contribution in [0, 0.1) is 6.92 Å². The topological polar surface area (TPSA) is 66.8 Å². The van der Waals surface area contributed by atoms with Crippen molar-refractivity contribution in [1.82, 2.24) is 0 Å². The van der Waals surface area contributed by atoms with E-state index in [1.165, 1.54) is 12.1 Å². The smallest absolute Gasteiger partial charge is 0.336 e. The molecule has 0 aromatic heterocycles. The first-order valence-electron chi connectivity index (χ1n) is 5.81. The number of aromatic carboxylic acids is 1. The summed E-state index contributed by atoms with van der Waals surface area (Å²) >= 11 is 0. The third kappa shape index (κ3) is 3.04. The molecule has 0 unspecified atom stereocenters. The summed E-state index contributed by atoms with van der Waals surface area (Å²) in [5.74, 6) is -0.441. The van der Waals surface area contributed by atoms with Gasteiger partial charge < -0.3 is 14.9 Å². The van der Waals surface area contributed by atoms with E-state index < -0.39 is 5.97 Å². The minimum Gasteiger partial charge on any atom is -0.508 e. The zero-order valence-corrected chi connectivity index (χ0v) is 10.5. The quantitative estimate of drug-likeness (QED) is 0.884. The molecule has 0 aliphatic rings. The molecule has 98 valence electrons. The first kappa shape index (κ1) is 13.0. The lowest BCUT2D eigenvalue weighted by Gasteiger charge is -2.11. The highest BCUT2D eigenvalue weighted by Gasteiger charge is 2.11. The number of ether oxygens (including phenoxy) is 1. The van der Waals surface area contributed by atoms with E-state index in [9.17, 15) is 9.90 Å². The Bertz CT molecular complexity index is 605. The number of para-hydroxylation sites is 1. The third-order valence-electron chi connectivity index (χ3n) is 2.80. The molecule has 0 bridgehead atoms. The Kier molecular flexibility index (Phi) is 3.71. The summed E-state index contributed by atoms with van der Waals surface area (Å²) in [6, 6.07) is 11.7. The highest BCUT2D eigenvalue weighted by molar-refractivity contribution is 5.89. The van der Waals surface area contributed by atoms with Crippen molar-refractivity contribution in [3.63, 3.8) is 0 Å². The molecule has 0 radical (unpaired) electrons. The SMILES string of the molecule is Cc1ccccc1OCc1ccc(O)cc1C(=O)O. The summed E-state index contributed by atoms with van der Waals surface area (Å²) in [4.78, 5) is 11.1. The number of carboxylic acids is 1. The molecule has 0 saturated heterocycles. The van der Waals surface area contributed by atoms with Gasteiger partial charge in [0, 0.05) is 5.56 Å². The molecule has 2 aromatic rings. The summed E-state index contributed by atoms with van der Waals surface area (Å²) in [5.41, 5.74) is 1.56. The van der Waals surface area contributed by atoms with Gasteiger partial charge in [-0.25, -0.2) is 4.79 Å². The number of hydrogen-bond acceptors (Lipinski definition) is 3. The maximum absolute atomic E-state index is 11.1. The molecule has 4 nitrogen and oxygen atoms in total. The summed E-state index contributed by atoms with van der Waals surface area (Å²) in [6.07, 6.45) is 0. The highest BCUT2D eigenvalue weighted by atomic mass is 16.5. The van der Waals surface area contributed by atoms with E-state index in [-0.39, 0.29) is 17.9 Å². The van der Waals surface area contributed by atoms with Crippen LogP contribution < -0.4 is 4.74 Å². The number of phenols is 1. The molecule has 2 rings (SSSR count). The van der Waals surface area contributed by atoms with Crippen molar-refractivity contribution in [1.29, 1.82) is 0 Å². The first-order valence-corrected chi connectivity index (χ1v) is 5.81. The van der Waals surface area contributed by atoms with E-state index in [0.717, 1.165) is 5.56 Å². The normalized spacial score (nSPS) is 10.2. The van der Waals surface area contributed by atoms with Crippen molar-refractivity contribution < 1.29 is 19.7 Å². The van der Waals surface area contributed by atoms with Crippen LogP contribution in [-0.4, -0.2) is 16.2 Å². The van der Waals surface area contributed by atoms with Gasteiger partial charge in [0.05, 0.1) is 5.56 Å². The summed E-state index contributed by atoms with van der Waals surface area (Å²) < 4.78 is 5.61. The van der Waals surface area contributed by atoms with E-state index in [1.54, 1.807) is 6.07 Å². The molecule has 0 fully saturated rings. The fourth-order valence-electron chi connectivity index (χ4n) is 1.76. The van der Waals surface area contributed by atoms with Gasteiger partial charge in [0.25, 0.3) is 0 Å². The van der Waals surface area contributed by atoms with E-state index in [1.807, 2.05) is 31.2 Å². The third-order valence-corrected chi connectivity index (χ3v) is 2.80. The molecule has 2 N–H and O–H groups in total. The Labute approximate surface area is 110 Å². The van der Waals surface area contributed by atoms with Crippen molar-refractivity contribution in [3.8, 4) is 11.5 Å². The number of carboxylic acid groups (broad SMARTS) is 1. The lowest BCUT2D eigenvalue weighted by Crippen LogP contribution is -2.05. The van der Waals surface area contributed by atoms with Crippen LogP contribution in [0.5, 0.6) is 11.5 Å². The number of rotatable bonds is 4. The summed E-state index contributed by atoms with van der Waals surface area (Å²) in [7, 11) is 0. The van der Waals surface area contributed by atoms with Gasteiger partial charge in [0.15, 0.2) is 0 Å². The van der Waals surface area contributed by atoms with Crippen molar-refractivity contribution in [3.05, 3.63) is 59.2 Å². The van der Waals surface area contributed by atoms with Gasteiger partial charge in [-0.3, -0.25) is 0 Å². The van der Waals surface area contributed by atoms with Crippen LogP contribution in [0.15, 0.2) is 42.5 Å². The number of benzene rings is 2. The van der Waals surface area contributed by atoms with Gasteiger partial charge in [-0.15, -0.1) is 0 Å². The minimum atomic E-state index is -1.08. The molecule has 0 atom stereocenters. The van der Waals surface area contributed by atoms with Crippen LogP contribution in [-0.2, 0) is 6.61 Å². The van der Waals surface area contributed by atoms with Gasteiger partial charge in [-0.1, -0.05) is 24.3 Å². The minimum absolute atomic E-state index is 0.0496. The van der Waals surface area contributed by atoms with Gasteiger partial charge in [0.2, 0.25) is 0 Å². The Morgan fingerprint density at radius 2 is 1.95 bits per heavy atom. The molecule has 4 heteroatoms. The molecular weight excluding hydrogens is 244 g/mol. The molecule has 0 aliphatic heterocycles. The predicted octanol–water partition coefficient (Wildman–Crippen LogP) is 2.98. The van der Waals surface area contributed by atoms with E-state index in [0.29, 0.717) is 11.3 Å². The van der Waals surface area contributed by atoms with E-state index >= 15 is 0 Å². The largest absolute Gasteiger partial charge is 0.508 e. The number of phenolic OH excluding ortho intramolecular Hbond substituents is 1. The Balaban J connectivity index is 2.20. The number of hydrogen-bond donors (Lipinski definition) is 2. The van der Waals surface area contributed by atoms with Gasteiger partial charge in [0.1, 0.15) is 18.1 Å². The molecule has 0 spiro atoms. The van der Waals surface area contributed by atoms with Crippen LogP contribution in [0.2, 0.25) is 0 Å². The standard InChI is InChI=1S/C15H14O4/c1-10-4-2-3-5-14(10)19-9-11-6-7-12(16)8-13(11)15(17)18/h2-8,16H,9H2,1H3,(H,17,18). The summed E-state index contributed by atoms with van der Waals surface area (Å²) in [5, 5.41) is 18.4. The zero-order chi connectivity index (χ0) is 13.8. The maximum atomic E-state index is 11.1. The fraction of sp³-hybridized carbons (Fsp3) is 0.133. The van der Waals surface area contributed by atoms with Crippen LogP contribution >= 0.6 is 0 Å². The second-order valence-corrected chi connectivity index (χ2v) is 4.20. The second kappa shape index (κ2) is 5.44. The Morgan fingerprint density at radius 1 is 1.21 bits per heavy atom. The molecular formula is C15H14O4. The molecule has 0 aliphatic carbocycles. The molecule has 2 aromatic carbocycles. The van der Waals surface area contributed by atoms with Gasteiger partial charge in [-0.05, 0) is 30.7 Å². The van der Waals surface area contributed by atoms with Crippen molar-refractivity contribution in [2.24, 2.45) is 0 Å². The Morgan fingerprint density at radius 3 is 2.63 bits per heavy atom. The van der Waals surface area contributed by atoms with Crippen LogP contribution in [0.25, 0.3) is 0 Å². The first-order chi connectivity index (χ1) is 9.08. The second-order valence-electron chi connectivity index (χ2n) is 4.20. The van der Waals surface area contributed by atoms with Crippen molar-refractivity contribution in [2.45, 2.75) is 13.5 Å². The van der Waals surface area contributed by atoms with Crippen LogP contribution in [0.3, 0.4) is 0 Å². The summed E-state index contributed by atoms with van der Waals surface area (Å²) in [6.45, 7) is 2.07. The van der Waals surface area contributed by atoms with E-state index in [4.69, 9.17) is 9.84 Å². The molecule has 0 heterocycles. The molecule has 0 saturated carbocycles. The van der Waals surface area contributed by atoms with Crippen molar-refractivity contribution in [2.75, 3.05) is 0 Å². The number of carbonyl (C=O) groups is 1. The monoisotopic (exact) mass is 258 g/mol. The fourth-order valence-corrected chi connectivity index (χ4v) is 1.76. The van der Waals surface area contributed by atoms with E-state index in [2.05, 4.69) is 0 Å². The molecule has 0 amide bonds. The lowest BCUT2D eigenvalue weighted by molar-refractivity contribution is 0.0693. The number of aryl methyl sites for hydroxylation is 1. The van der Waals surface area contributed by atoms with Gasteiger partial charge in [-0.2, -0.15) is 0 Å².